The topological polar surface area (TPSA) is 12.0 Å². The summed E-state index contributed by atoms with van der Waals surface area (Å²) in [7, 11) is 0. The van der Waals surface area contributed by atoms with Crippen LogP contribution in [0, 0.1) is 11.6 Å². The Kier molecular flexibility index (Phi) is 3.79. The van der Waals surface area contributed by atoms with Crippen LogP contribution in [0.15, 0.2) is 42.5 Å². The number of rotatable bonds is 5. The molecule has 0 spiro atoms. The summed E-state index contributed by atoms with van der Waals surface area (Å²) in [6.07, 6.45) is 2.58. The molecule has 3 heteroatoms. The first-order valence-electron chi connectivity index (χ1n) is 6.96. The highest BCUT2D eigenvalue weighted by atomic mass is 19.1. The van der Waals surface area contributed by atoms with E-state index in [0.717, 1.165) is 12.0 Å². The molecule has 0 aliphatic heterocycles. The van der Waals surface area contributed by atoms with Crippen LogP contribution in [-0.2, 0) is 13.1 Å². The molecule has 1 N–H and O–H groups in total. The maximum absolute atomic E-state index is 13.5. The van der Waals surface area contributed by atoms with Gasteiger partial charge in [-0.25, -0.2) is 8.78 Å². The normalized spacial score (nSPS) is 14.5. The van der Waals surface area contributed by atoms with Crippen molar-refractivity contribution in [2.45, 2.75) is 31.8 Å². The number of hydrogen-bond donors (Lipinski definition) is 1. The van der Waals surface area contributed by atoms with Crippen molar-refractivity contribution in [2.75, 3.05) is 0 Å². The van der Waals surface area contributed by atoms with Gasteiger partial charge in [0.1, 0.15) is 11.6 Å². The minimum Gasteiger partial charge on any atom is -0.309 e. The molecule has 20 heavy (non-hydrogen) atoms. The molecule has 0 saturated heterocycles. The van der Waals surface area contributed by atoms with Gasteiger partial charge in [0.2, 0.25) is 0 Å². The average molecular weight is 273 g/mol. The van der Waals surface area contributed by atoms with Crippen molar-refractivity contribution in [3.63, 3.8) is 0 Å². The third-order valence-electron chi connectivity index (χ3n) is 3.66. The van der Waals surface area contributed by atoms with Crippen LogP contribution in [0.2, 0.25) is 0 Å². The zero-order valence-corrected chi connectivity index (χ0v) is 11.2. The molecule has 0 atom stereocenters. The Morgan fingerprint density at radius 1 is 1.00 bits per heavy atom. The lowest BCUT2D eigenvalue weighted by molar-refractivity contribution is 0.560. The maximum atomic E-state index is 13.5. The Morgan fingerprint density at radius 3 is 2.60 bits per heavy atom. The molecule has 0 aromatic heterocycles. The summed E-state index contributed by atoms with van der Waals surface area (Å²) in [5.41, 5.74) is 3.10. The van der Waals surface area contributed by atoms with Crippen molar-refractivity contribution in [3.8, 4) is 0 Å². The highest BCUT2D eigenvalue weighted by molar-refractivity contribution is 5.29. The van der Waals surface area contributed by atoms with E-state index in [1.165, 1.54) is 36.1 Å². The van der Waals surface area contributed by atoms with Crippen molar-refractivity contribution >= 4 is 0 Å². The second kappa shape index (κ2) is 5.71. The van der Waals surface area contributed by atoms with Crippen LogP contribution in [0.5, 0.6) is 0 Å². The SMILES string of the molecule is Fc1ccc(CNCc2cccc(C3CC3)c2)c(F)c1. The van der Waals surface area contributed by atoms with E-state index in [2.05, 4.69) is 29.6 Å². The molecule has 0 amide bonds. The van der Waals surface area contributed by atoms with Crippen LogP contribution in [0.1, 0.15) is 35.4 Å². The molecule has 0 radical (unpaired) electrons. The molecule has 0 unspecified atom stereocenters. The van der Waals surface area contributed by atoms with Gasteiger partial charge in [0.05, 0.1) is 0 Å². The van der Waals surface area contributed by atoms with E-state index in [9.17, 15) is 8.78 Å². The lowest BCUT2D eigenvalue weighted by Gasteiger charge is -2.08. The van der Waals surface area contributed by atoms with Crippen LogP contribution >= 0.6 is 0 Å². The van der Waals surface area contributed by atoms with Gasteiger partial charge in [0.15, 0.2) is 0 Å². The smallest absolute Gasteiger partial charge is 0.130 e. The second-order valence-corrected chi connectivity index (χ2v) is 5.36. The van der Waals surface area contributed by atoms with Gasteiger partial charge < -0.3 is 5.32 Å². The van der Waals surface area contributed by atoms with Gasteiger partial charge in [-0.15, -0.1) is 0 Å². The van der Waals surface area contributed by atoms with Crippen LogP contribution in [-0.4, -0.2) is 0 Å². The first-order chi connectivity index (χ1) is 9.72. The molecule has 3 rings (SSSR count). The Balaban J connectivity index is 1.58. The summed E-state index contributed by atoms with van der Waals surface area (Å²) in [6.45, 7) is 1.09. The number of hydrogen-bond acceptors (Lipinski definition) is 1. The quantitative estimate of drug-likeness (QED) is 0.863. The predicted molar refractivity (Wildman–Crippen MR) is 75.3 cm³/mol. The van der Waals surface area contributed by atoms with Crippen LogP contribution in [0.25, 0.3) is 0 Å². The van der Waals surface area contributed by atoms with E-state index >= 15 is 0 Å². The van der Waals surface area contributed by atoms with Gasteiger partial charge >= 0.3 is 0 Å². The molecule has 0 bridgehead atoms. The van der Waals surface area contributed by atoms with Gasteiger partial charge in [-0.1, -0.05) is 30.3 Å². The Bertz CT molecular complexity index is 606. The van der Waals surface area contributed by atoms with E-state index in [-0.39, 0.29) is 0 Å². The maximum Gasteiger partial charge on any atom is 0.130 e. The summed E-state index contributed by atoms with van der Waals surface area (Å²) in [5, 5.41) is 3.20. The van der Waals surface area contributed by atoms with Gasteiger partial charge in [-0.05, 0) is 36.0 Å². The minimum absolute atomic E-state index is 0.403. The summed E-state index contributed by atoms with van der Waals surface area (Å²) in [5.74, 6) is -0.294. The number of benzene rings is 2. The molecular formula is C17H17F2N. The fourth-order valence-corrected chi connectivity index (χ4v) is 2.38. The Morgan fingerprint density at radius 2 is 1.85 bits per heavy atom. The fraction of sp³-hybridized carbons (Fsp3) is 0.294. The van der Waals surface area contributed by atoms with Gasteiger partial charge in [-0.3, -0.25) is 0 Å². The molecule has 1 aliphatic carbocycles. The van der Waals surface area contributed by atoms with Gasteiger partial charge in [-0.2, -0.15) is 0 Å². The third kappa shape index (κ3) is 3.23. The van der Waals surface area contributed by atoms with Crippen molar-refractivity contribution in [1.29, 1.82) is 0 Å². The van der Waals surface area contributed by atoms with Crippen LogP contribution in [0.4, 0.5) is 8.78 Å². The molecular weight excluding hydrogens is 256 g/mol. The third-order valence-corrected chi connectivity index (χ3v) is 3.66. The lowest BCUT2D eigenvalue weighted by atomic mass is 10.1. The zero-order valence-electron chi connectivity index (χ0n) is 11.2. The minimum atomic E-state index is -0.539. The van der Waals surface area contributed by atoms with Crippen molar-refractivity contribution < 1.29 is 8.78 Å². The number of halogens is 2. The molecule has 104 valence electrons. The molecule has 1 saturated carbocycles. The molecule has 1 nitrogen and oxygen atoms in total. The average Bonchev–Trinajstić information content (AvgIpc) is 3.26. The van der Waals surface area contributed by atoms with Crippen LogP contribution in [0.3, 0.4) is 0 Å². The Hall–Kier alpha value is -1.74. The van der Waals surface area contributed by atoms with Crippen molar-refractivity contribution in [3.05, 3.63) is 70.8 Å². The molecule has 2 aromatic rings. The fourth-order valence-electron chi connectivity index (χ4n) is 2.38. The molecule has 2 aromatic carbocycles. The Labute approximate surface area is 117 Å². The predicted octanol–water partition coefficient (Wildman–Crippen LogP) is 4.13. The first kappa shape index (κ1) is 13.3. The lowest BCUT2D eigenvalue weighted by Crippen LogP contribution is -2.14. The first-order valence-corrected chi connectivity index (χ1v) is 6.96. The standard InChI is InChI=1S/C17H17F2N/c18-16-7-6-15(17(19)9-16)11-20-10-12-2-1-3-14(8-12)13-4-5-13/h1-3,6-9,13,20H,4-5,10-11H2. The molecule has 1 aliphatic rings. The van der Waals surface area contributed by atoms with Crippen LogP contribution < -0.4 is 5.32 Å². The zero-order chi connectivity index (χ0) is 13.9. The van der Waals surface area contributed by atoms with Crippen molar-refractivity contribution in [1.82, 2.24) is 5.32 Å². The van der Waals surface area contributed by atoms with E-state index in [4.69, 9.17) is 0 Å². The largest absolute Gasteiger partial charge is 0.309 e. The van der Waals surface area contributed by atoms with Crippen molar-refractivity contribution in [2.24, 2.45) is 0 Å². The van der Waals surface area contributed by atoms with Gasteiger partial charge in [0.25, 0.3) is 0 Å². The monoisotopic (exact) mass is 273 g/mol. The highest BCUT2D eigenvalue weighted by Gasteiger charge is 2.23. The van der Waals surface area contributed by atoms with E-state index in [1.807, 2.05) is 0 Å². The van der Waals surface area contributed by atoms with E-state index in [0.29, 0.717) is 18.7 Å². The number of nitrogens with one attached hydrogen (secondary N) is 1. The molecule has 1 fully saturated rings. The molecule has 0 heterocycles. The second-order valence-electron chi connectivity index (χ2n) is 5.36. The summed E-state index contributed by atoms with van der Waals surface area (Å²) in [4.78, 5) is 0. The van der Waals surface area contributed by atoms with E-state index in [1.54, 1.807) is 0 Å². The summed E-state index contributed by atoms with van der Waals surface area (Å²) in [6, 6.07) is 12.2. The summed E-state index contributed by atoms with van der Waals surface area (Å²) >= 11 is 0. The highest BCUT2D eigenvalue weighted by Crippen LogP contribution is 2.40. The summed E-state index contributed by atoms with van der Waals surface area (Å²) < 4.78 is 26.3. The van der Waals surface area contributed by atoms with Gasteiger partial charge in [0, 0.05) is 24.7 Å². The van der Waals surface area contributed by atoms with E-state index < -0.39 is 11.6 Å².